The molecule has 2 rings (SSSR count). The van der Waals surface area contributed by atoms with Gasteiger partial charge in [-0.1, -0.05) is 12.2 Å². The van der Waals surface area contributed by atoms with E-state index in [4.69, 9.17) is 16.3 Å². The Morgan fingerprint density at radius 3 is 3.00 bits per heavy atom. The van der Waals surface area contributed by atoms with Gasteiger partial charge in [-0.15, -0.1) is 11.6 Å². The van der Waals surface area contributed by atoms with Gasteiger partial charge in [0, 0.05) is 11.8 Å². The second-order valence-corrected chi connectivity index (χ2v) is 6.31. The fourth-order valence-electron chi connectivity index (χ4n) is 3.45. The van der Waals surface area contributed by atoms with Gasteiger partial charge in [0.2, 0.25) is 5.91 Å². The van der Waals surface area contributed by atoms with Crippen molar-refractivity contribution < 1.29 is 19.4 Å². The standard InChI is InChI=1S/C15H22ClNO4/c1-15(21-9-18)11(7-8-16)14(20)17-13(15)12(19)10-5-3-2-4-6-10/h3,5,9-13,19H,2,4,6-8H2,1H3,(H,17,20)/t10-,11+,12+,13?,15+/m1/s1. The van der Waals surface area contributed by atoms with Crippen molar-refractivity contribution in [2.24, 2.45) is 11.8 Å². The third-order valence-corrected chi connectivity index (χ3v) is 4.91. The van der Waals surface area contributed by atoms with Gasteiger partial charge >= 0.3 is 0 Å². The zero-order valence-corrected chi connectivity index (χ0v) is 12.9. The van der Waals surface area contributed by atoms with E-state index in [9.17, 15) is 14.7 Å². The number of hydrogen-bond donors (Lipinski definition) is 2. The molecule has 1 unspecified atom stereocenters. The second kappa shape index (κ2) is 6.79. The van der Waals surface area contributed by atoms with Crippen LogP contribution in [-0.2, 0) is 14.3 Å². The molecule has 1 aliphatic carbocycles. The van der Waals surface area contributed by atoms with Gasteiger partial charge in [0.25, 0.3) is 6.47 Å². The molecule has 1 amide bonds. The Morgan fingerprint density at radius 2 is 2.43 bits per heavy atom. The van der Waals surface area contributed by atoms with Gasteiger partial charge in [-0.25, -0.2) is 0 Å². The summed E-state index contributed by atoms with van der Waals surface area (Å²) in [6, 6.07) is -0.615. The Morgan fingerprint density at radius 1 is 1.67 bits per heavy atom. The highest BCUT2D eigenvalue weighted by molar-refractivity contribution is 6.18. The van der Waals surface area contributed by atoms with Crippen LogP contribution in [0.15, 0.2) is 12.2 Å². The number of nitrogens with one attached hydrogen (secondary N) is 1. The fraction of sp³-hybridized carbons (Fsp3) is 0.733. The van der Waals surface area contributed by atoms with Gasteiger partial charge in [0.1, 0.15) is 5.60 Å². The Labute approximate surface area is 129 Å². The molecule has 1 fully saturated rings. The highest BCUT2D eigenvalue weighted by Gasteiger charge is 2.56. The number of aliphatic hydroxyl groups is 1. The lowest BCUT2D eigenvalue weighted by molar-refractivity contribution is -0.152. The van der Waals surface area contributed by atoms with Crippen molar-refractivity contribution >= 4 is 24.0 Å². The highest BCUT2D eigenvalue weighted by Crippen LogP contribution is 2.38. The van der Waals surface area contributed by atoms with E-state index in [-0.39, 0.29) is 11.8 Å². The Bertz CT molecular complexity index is 428. The first-order chi connectivity index (χ1) is 10.0. The van der Waals surface area contributed by atoms with Crippen LogP contribution in [0, 0.1) is 11.8 Å². The zero-order chi connectivity index (χ0) is 15.5. The van der Waals surface area contributed by atoms with E-state index >= 15 is 0 Å². The molecule has 0 aromatic heterocycles. The number of carbonyl (C=O) groups excluding carboxylic acids is 2. The van der Waals surface area contributed by atoms with Gasteiger partial charge in [0.05, 0.1) is 18.1 Å². The van der Waals surface area contributed by atoms with E-state index in [2.05, 4.69) is 5.32 Å². The maximum absolute atomic E-state index is 12.2. The molecule has 0 aromatic rings. The summed E-state index contributed by atoms with van der Waals surface area (Å²) in [7, 11) is 0. The molecule has 0 radical (unpaired) electrons. The summed E-state index contributed by atoms with van der Waals surface area (Å²) >= 11 is 5.75. The largest absolute Gasteiger partial charge is 0.458 e. The van der Waals surface area contributed by atoms with Gasteiger partial charge in [0.15, 0.2) is 0 Å². The van der Waals surface area contributed by atoms with E-state index in [1.165, 1.54) is 0 Å². The minimum absolute atomic E-state index is 0.0339. The molecule has 118 valence electrons. The second-order valence-electron chi connectivity index (χ2n) is 5.93. The van der Waals surface area contributed by atoms with Crippen molar-refractivity contribution in [1.29, 1.82) is 0 Å². The van der Waals surface area contributed by atoms with Crippen LogP contribution in [0.2, 0.25) is 0 Å². The first-order valence-electron chi connectivity index (χ1n) is 7.37. The zero-order valence-electron chi connectivity index (χ0n) is 12.1. The van der Waals surface area contributed by atoms with Crippen LogP contribution in [-0.4, -0.2) is 41.1 Å². The molecule has 0 saturated carbocycles. The van der Waals surface area contributed by atoms with E-state index in [1.807, 2.05) is 12.2 Å². The Hall–Kier alpha value is -1.07. The van der Waals surface area contributed by atoms with Crippen molar-refractivity contribution in [2.45, 2.75) is 50.4 Å². The summed E-state index contributed by atoms with van der Waals surface area (Å²) in [4.78, 5) is 23.0. The molecule has 1 aliphatic heterocycles. The van der Waals surface area contributed by atoms with Gasteiger partial charge in [-0.05, 0) is 32.6 Å². The number of hydrogen-bond acceptors (Lipinski definition) is 4. The van der Waals surface area contributed by atoms with Crippen molar-refractivity contribution in [3.8, 4) is 0 Å². The number of allylic oxidation sites excluding steroid dienone is 1. The summed E-state index contributed by atoms with van der Waals surface area (Å²) in [5, 5.41) is 13.4. The number of alkyl halides is 1. The number of rotatable bonds is 6. The van der Waals surface area contributed by atoms with Crippen LogP contribution < -0.4 is 5.32 Å². The van der Waals surface area contributed by atoms with E-state index in [0.717, 1.165) is 19.3 Å². The maximum atomic E-state index is 12.2. The normalized spacial score (nSPS) is 37.1. The Kier molecular flexibility index (Phi) is 5.27. The monoisotopic (exact) mass is 315 g/mol. The average Bonchev–Trinajstić information content (AvgIpc) is 2.73. The number of amides is 1. The molecule has 21 heavy (non-hydrogen) atoms. The molecular weight excluding hydrogens is 294 g/mol. The summed E-state index contributed by atoms with van der Waals surface area (Å²) in [6.45, 7) is 2.04. The quantitative estimate of drug-likeness (QED) is 0.441. The molecule has 2 N–H and O–H groups in total. The predicted octanol–water partition coefficient (Wildman–Crippen LogP) is 1.38. The summed E-state index contributed by atoms with van der Waals surface area (Å²) in [6.07, 6.45) is 6.53. The molecule has 5 atom stereocenters. The predicted molar refractivity (Wildman–Crippen MR) is 78.8 cm³/mol. The van der Waals surface area contributed by atoms with Crippen molar-refractivity contribution in [3.05, 3.63) is 12.2 Å². The van der Waals surface area contributed by atoms with Crippen molar-refractivity contribution in [1.82, 2.24) is 5.32 Å². The lowest BCUT2D eigenvalue weighted by Gasteiger charge is -2.37. The third-order valence-electron chi connectivity index (χ3n) is 4.70. The minimum atomic E-state index is -1.07. The van der Waals surface area contributed by atoms with E-state index in [1.54, 1.807) is 6.92 Å². The Balaban J connectivity index is 2.23. The first-order valence-corrected chi connectivity index (χ1v) is 7.90. The summed E-state index contributed by atoms with van der Waals surface area (Å²) < 4.78 is 5.24. The third kappa shape index (κ3) is 3.09. The van der Waals surface area contributed by atoms with Crippen LogP contribution in [0.3, 0.4) is 0 Å². The molecule has 1 saturated heterocycles. The van der Waals surface area contributed by atoms with E-state index < -0.39 is 23.7 Å². The molecule has 2 aliphatic rings. The van der Waals surface area contributed by atoms with Gasteiger partial charge in [-0.3, -0.25) is 9.59 Å². The fourth-order valence-corrected chi connectivity index (χ4v) is 3.67. The number of aliphatic hydroxyl groups excluding tert-OH is 1. The summed E-state index contributed by atoms with van der Waals surface area (Å²) in [5.74, 6) is -0.494. The lowest BCUT2D eigenvalue weighted by Crippen LogP contribution is -2.54. The molecular formula is C15H22ClNO4. The molecule has 1 heterocycles. The first kappa shape index (κ1) is 16.3. The van der Waals surface area contributed by atoms with E-state index in [0.29, 0.717) is 18.8 Å². The lowest BCUT2D eigenvalue weighted by atomic mass is 9.78. The molecule has 0 bridgehead atoms. The smallest absolute Gasteiger partial charge is 0.293 e. The van der Waals surface area contributed by atoms with Crippen molar-refractivity contribution in [2.75, 3.05) is 5.88 Å². The SMILES string of the molecule is C[C@@]1(OC=O)C([C@@H](O)[C@@H]2C=CCCC2)NC(=O)[C@@H]1CCCl. The number of ether oxygens (including phenoxy) is 1. The van der Waals surface area contributed by atoms with Gasteiger partial charge in [-0.2, -0.15) is 0 Å². The van der Waals surface area contributed by atoms with Gasteiger partial charge < -0.3 is 15.2 Å². The molecule has 0 spiro atoms. The van der Waals surface area contributed by atoms with Crippen LogP contribution in [0.5, 0.6) is 0 Å². The number of halogens is 1. The van der Waals surface area contributed by atoms with Crippen LogP contribution >= 0.6 is 11.6 Å². The topological polar surface area (TPSA) is 75.6 Å². The van der Waals surface area contributed by atoms with Crippen LogP contribution in [0.4, 0.5) is 0 Å². The molecule has 0 aromatic carbocycles. The number of carbonyl (C=O) groups is 2. The molecule has 6 heteroatoms. The van der Waals surface area contributed by atoms with Crippen LogP contribution in [0.25, 0.3) is 0 Å². The average molecular weight is 316 g/mol. The summed E-state index contributed by atoms with van der Waals surface area (Å²) in [5.41, 5.74) is -1.07. The minimum Gasteiger partial charge on any atom is -0.458 e. The highest BCUT2D eigenvalue weighted by atomic mass is 35.5. The molecule has 5 nitrogen and oxygen atoms in total. The van der Waals surface area contributed by atoms with Crippen molar-refractivity contribution in [3.63, 3.8) is 0 Å². The van der Waals surface area contributed by atoms with Crippen LogP contribution in [0.1, 0.15) is 32.6 Å². The maximum Gasteiger partial charge on any atom is 0.293 e.